The first-order valence-electron chi connectivity index (χ1n) is 11.5. The van der Waals surface area contributed by atoms with Crippen molar-refractivity contribution in [1.82, 2.24) is 19.9 Å². The van der Waals surface area contributed by atoms with Crippen molar-refractivity contribution in [2.75, 3.05) is 6.54 Å². The number of hydrogen-bond donors (Lipinski definition) is 2. The van der Waals surface area contributed by atoms with E-state index in [0.29, 0.717) is 41.1 Å². The van der Waals surface area contributed by atoms with Gasteiger partial charge < -0.3 is 20.4 Å². The molecular formula is C26H22F3N5O3. The second kappa shape index (κ2) is 9.23. The fourth-order valence-corrected chi connectivity index (χ4v) is 4.66. The zero-order chi connectivity index (χ0) is 26.3. The van der Waals surface area contributed by atoms with Crippen LogP contribution in [0.1, 0.15) is 47.3 Å². The third-order valence-electron chi connectivity index (χ3n) is 6.33. The van der Waals surface area contributed by atoms with Gasteiger partial charge in [-0.1, -0.05) is 6.07 Å². The van der Waals surface area contributed by atoms with Gasteiger partial charge in [0.25, 0.3) is 0 Å². The van der Waals surface area contributed by atoms with E-state index >= 15 is 0 Å². The Morgan fingerprint density at radius 2 is 1.97 bits per heavy atom. The summed E-state index contributed by atoms with van der Waals surface area (Å²) in [6, 6.07) is 11.5. The molecule has 0 spiro atoms. The number of aromatic amines is 1. The number of nitrogens with one attached hydrogen (secondary N) is 1. The van der Waals surface area contributed by atoms with Gasteiger partial charge in [0.05, 0.1) is 28.2 Å². The monoisotopic (exact) mass is 509 g/mol. The van der Waals surface area contributed by atoms with Gasteiger partial charge in [0.15, 0.2) is 5.82 Å². The molecule has 1 aliphatic rings. The van der Waals surface area contributed by atoms with E-state index in [1.807, 2.05) is 6.07 Å². The number of primary amides is 1. The number of rotatable bonds is 5. The van der Waals surface area contributed by atoms with Crippen molar-refractivity contribution in [1.29, 1.82) is 0 Å². The fraction of sp³-hybridized carbons (Fsp3) is 0.231. The van der Waals surface area contributed by atoms with Crippen LogP contribution in [-0.4, -0.2) is 38.2 Å². The first kappa shape index (κ1) is 24.3. The average molecular weight is 509 g/mol. The lowest BCUT2D eigenvalue weighted by Gasteiger charge is -2.25. The van der Waals surface area contributed by atoms with E-state index in [-0.39, 0.29) is 23.4 Å². The molecule has 1 unspecified atom stereocenters. The first-order valence-corrected chi connectivity index (χ1v) is 11.5. The van der Waals surface area contributed by atoms with Gasteiger partial charge >= 0.3 is 6.18 Å². The third-order valence-corrected chi connectivity index (χ3v) is 6.33. The molecule has 1 atom stereocenters. The number of alkyl halides is 3. The maximum Gasteiger partial charge on any atom is 0.417 e. The highest BCUT2D eigenvalue weighted by molar-refractivity contribution is 5.94. The number of nitrogens with zero attached hydrogens (tertiary/aromatic N) is 3. The predicted molar refractivity (Wildman–Crippen MR) is 129 cm³/mol. The highest BCUT2D eigenvalue weighted by atomic mass is 19.4. The predicted octanol–water partition coefficient (Wildman–Crippen LogP) is 5.22. The van der Waals surface area contributed by atoms with Gasteiger partial charge in [-0.2, -0.15) is 13.2 Å². The molecule has 0 saturated carbocycles. The molecular weight excluding hydrogens is 487 g/mol. The van der Waals surface area contributed by atoms with Crippen molar-refractivity contribution in [3.8, 4) is 23.0 Å². The molecule has 3 N–H and O–H groups in total. The number of fused-ring (bicyclic) bond motifs is 1. The Morgan fingerprint density at radius 3 is 2.65 bits per heavy atom. The van der Waals surface area contributed by atoms with Gasteiger partial charge in [0.2, 0.25) is 11.8 Å². The number of carbonyl (C=O) groups is 2. The lowest BCUT2D eigenvalue weighted by atomic mass is 10.0. The Labute approximate surface area is 209 Å². The molecule has 1 aliphatic heterocycles. The zero-order valence-electron chi connectivity index (χ0n) is 19.7. The van der Waals surface area contributed by atoms with Crippen molar-refractivity contribution in [3.63, 3.8) is 0 Å². The largest absolute Gasteiger partial charge is 0.457 e. The number of aromatic nitrogens is 3. The van der Waals surface area contributed by atoms with Crippen molar-refractivity contribution in [3.05, 3.63) is 71.4 Å². The minimum Gasteiger partial charge on any atom is -0.457 e. The Morgan fingerprint density at radius 1 is 1.16 bits per heavy atom. The number of ether oxygens (including phenoxy) is 1. The molecule has 0 radical (unpaired) electrons. The normalized spacial score (nSPS) is 15.8. The van der Waals surface area contributed by atoms with Crippen molar-refractivity contribution in [2.45, 2.75) is 32.0 Å². The van der Waals surface area contributed by atoms with Crippen LogP contribution in [0.4, 0.5) is 13.2 Å². The summed E-state index contributed by atoms with van der Waals surface area (Å²) in [7, 11) is 0. The minimum atomic E-state index is -4.81. The second-order valence-electron chi connectivity index (χ2n) is 8.75. The molecule has 2 aromatic carbocycles. The summed E-state index contributed by atoms with van der Waals surface area (Å²) in [5.41, 5.74) is 5.72. The zero-order valence-corrected chi connectivity index (χ0v) is 19.7. The number of nitrogens with two attached hydrogens (primary N) is 1. The lowest BCUT2D eigenvalue weighted by Crippen LogP contribution is -2.28. The lowest BCUT2D eigenvalue weighted by molar-refractivity contribution is -0.138. The molecule has 11 heteroatoms. The number of halogens is 3. The van der Waals surface area contributed by atoms with Crippen molar-refractivity contribution >= 4 is 22.8 Å². The standard InChI is InChI=1S/C26H22F3N5O3/c1-14(35)34-10-4-6-22(34)17-12-20-21(33-25(32-20)19-5-2-3-9-31-19)13-23(17)37-15-7-8-16(24(30)36)18(11-15)26(27,28)29/h2-3,5,7-9,11-13,22H,4,6,10H2,1H3,(H2,30,36)(H,32,33). The maximum atomic E-state index is 13.6. The summed E-state index contributed by atoms with van der Waals surface area (Å²) in [5, 5.41) is 0. The number of imidazole rings is 1. The Kier molecular flexibility index (Phi) is 6.06. The third kappa shape index (κ3) is 4.72. The van der Waals surface area contributed by atoms with Crippen LogP contribution >= 0.6 is 0 Å². The van der Waals surface area contributed by atoms with Gasteiger partial charge in [0, 0.05) is 31.3 Å². The van der Waals surface area contributed by atoms with E-state index in [4.69, 9.17) is 10.5 Å². The van der Waals surface area contributed by atoms with E-state index < -0.39 is 23.2 Å². The topological polar surface area (TPSA) is 114 Å². The number of likely N-dealkylation sites (tertiary alicyclic amines) is 1. The summed E-state index contributed by atoms with van der Waals surface area (Å²) in [5.74, 6) is -0.672. The van der Waals surface area contributed by atoms with Crippen LogP contribution in [0.15, 0.2) is 54.7 Å². The first-order chi connectivity index (χ1) is 17.6. The van der Waals surface area contributed by atoms with E-state index in [1.54, 1.807) is 35.4 Å². The van der Waals surface area contributed by atoms with Gasteiger partial charge in [-0.3, -0.25) is 14.6 Å². The number of pyridine rings is 1. The SMILES string of the molecule is CC(=O)N1CCCC1c1cc2[nH]c(-c3ccccn3)nc2cc1Oc1ccc(C(N)=O)c(C(F)(F)F)c1. The quantitative estimate of drug-likeness (QED) is 0.383. The van der Waals surface area contributed by atoms with Crippen LogP contribution in [0.3, 0.4) is 0 Å². The number of H-pyrrole nitrogens is 1. The molecule has 8 nitrogen and oxygen atoms in total. The summed E-state index contributed by atoms with van der Waals surface area (Å²) in [6.45, 7) is 2.04. The highest BCUT2D eigenvalue weighted by Crippen LogP contribution is 2.42. The highest BCUT2D eigenvalue weighted by Gasteiger charge is 2.36. The van der Waals surface area contributed by atoms with Gasteiger partial charge in [-0.15, -0.1) is 0 Å². The molecule has 0 aliphatic carbocycles. The van der Waals surface area contributed by atoms with Crippen LogP contribution in [0, 0.1) is 0 Å². The number of carbonyl (C=O) groups excluding carboxylic acids is 2. The minimum absolute atomic E-state index is 0.113. The molecule has 0 bridgehead atoms. The second-order valence-corrected chi connectivity index (χ2v) is 8.75. The van der Waals surface area contributed by atoms with Crippen LogP contribution in [0.5, 0.6) is 11.5 Å². The Bertz CT molecular complexity index is 1500. The summed E-state index contributed by atoms with van der Waals surface area (Å²) in [4.78, 5) is 37.7. The van der Waals surface area contributed by atoms with Gasteiger partial charge in [-0.05, 0) is 49.2 Å². The number of amides is 2. The average Bonchev–Trinajstić information content (AvgIpc) is 3.50. The molecule has 1 fully saturated rings. The molecule has 190 valence electrons. The van der Waals surface area contributed by atoms with E-state index in [0.717, 1.165) is 18.6 Å². The summed E-state index contributed by atoms with van der Waals surface area (Å²) >= 11 is 0. The van der Waals surface area contributed by atoms with E-state index in [2.05, 4.69) is 15.0 Å². The molecule has 37 heavy (non-hydrogen) atoms. The summed E-state index contributed by atoms with van der Waals surface area (Å²) in [6.07, 6.45) is -1.74. The van der Waals surface area contributed by atoms with Crippen LogP contribution in [0.2, 0.25) is 0 Å². The molecule has 4 aromatic rings. The maximum absolute atomic E-state index is 13.6. The number of hydrogen-bond acceptors (Lipinski definition) is 5. The Hall–Kier alpha value is -4.41. The van der Waals surface area contributed by atoms with Crippen molar-refractivity contribution in [2.24, 2.45) is 5.73 Å². The van der Waals surface area contributed by atoms with Crippen LogP contribution < -0.4 is 10.5 Å². The summed E-state index contributed by atoms with van der Waals surface area (Å²) < 4.78 is 46.9. The molecule has 1 saturated heterocycles. The Balaban J connectivity index is 1.63. The van der Waals surface area contributed by atoms with Gasteiger partial charge in [-0.25, -0.2) is 4.98 Å². The smallest absolute Gasteiger partial charge is 0.417 e. The van der Waals surface area contributed by atoms with Gasteiger partial charge in [0.1, 0.15) is 17.2 Å². The van der Waals surface area contributed by atoms with Crippen LogP contribution in [-0.2, 0) is 11.0 Å². The molecule has 5 rings (SSSR count). The van der Waals surface area contributed by atoms with E-state index in [9.17, 15) is 22.8 Å². The fourth-order valence-electron chi connectivity index (χ4n) is 4.66. The van der Waals surface area contributed by atoms with Crippen LogP contribution in [0.25, 0.3) is 22.6 Å². The molecule has 2 amide bonds. The number of benzene rings is 2. The van der Waals surface area contributed by atoms with Crippen molar-refractivity contribution < 1.29 is 27.5 Å². The van der Waals surface area contributed by atoms with E-state index in [1.165, 1.54) is 13.0 Å². The molecule has 3 heterocycles. The molecule has 2 aromatic heterocycles.